The number of halogens is 7. The van der Waals surface area contributed by atoms with Crippen LogP contribution in [0.15, 0.2) is 48.5 Å². The predicted molar refractivity (Wildman–Crippen MR) is 101 cm³/mol. The smallest absolute Gasteiger partial charge is 0.422 e. The minimum Gasteiger partial charge on any atom is -0.487 e. The topological polar surface area (TPSA) is 42.5 Å². The zero-order chi connectivity index (χ0) is 22.4. The molecule has 0 bridgehead atoms. The van der Waals surface area contributed by atoms with Crippen LogP contribution in [0.1, 0.15) is 0 Å². The number of para-hydroxylation sites is 1. The zero-order valence-corrected chi connectivity index (χ0v) is 15.8. The Balaban J connectivity index is 2.16. The van der Waals surface area contributed by atoms with Crippen LogP contribution in [0.3, 0.4) is 0 Å². The lowest BCUT2D eigenvalue weighted by Crippen LogP contribution is -2.33. The van der Waals surface area contributed by atoms with Gasteiger partial charge in [0, 0.05) is 29.6 Å². The summed E-state index contributed by atoms with van der Waals surface area (Å²) in [5.41, 5.74) is 0.631. The van der Waals surface area contributed by atoms with Crippen LogP contribution in [0.25, 0.3) is 0 Å². The minimum absolute atomic E-state index is 0.0260. The van der Waals surface area contributed by atoms with Crippen LogP contribution in [-0.4, -0.2) is 36.9 Å². The van der Waals surface area contributed by atoms with E-state index in [1.54, 1.807) is 30.3 Å². The van der Waals surface area contributed by atoms with Crippen molar-refractivity contribution >= 4 is 28.7 Å². The Kier molecular flexibility index (Phi) is 7.71. The van der Waals surface area contributed by atoms with Crippen LogP contribution in [0.4, 0.5) is 42.1 Å². The van der Waals surface area contributed by atoms with Crippen molar-refractivity contribution in [2.45, 2.75) is 18.5 Å². The number of ether oxygens (including phenoxy) is 2. The molecule has 0 radical (unpaired) electrons. The molecule has 0 fully saturated rings. The number of alkyl halides is 7. The van der Waals surface area contributed by atoms with Gasteiger partial charge in [-0.3, -0.25) is 0 Å². The molecule has 0 spiro atoms. The second kappa shape index (κ2) is 9.83. The fraction of sp³-hybridized carbons (Fsp3) is 0.278. The van der Waals surface area contributed by atoms with Crippen molar-refractivity contribution in [1.82, 2.24) is 0 Å². The number of thiocarbonyl (C=S) groups is 1. The van der Waals surface area contributed by atoms with Gasteiger partial charge in [-0.15, -0.1) is 0 Å². The number of hydrogen-bond acceptors (Lipinski definition) is 3. The lowest BCUT2D eigenvalue weighted by atomic mass is 10.2. The van der Waals surface area contributed by atoms with Crippen LogP contribution >= 0.6 is 12.2 Å². The molecular formula is C18H15F7N2O2S. The highest BCUT2D eigenvalue weighted by Crippen LogP contribution is 2.30. The molecule has 4 nitrogen and oxygen atoms in total. The number of benzene rings is 2. The van der Waals surface area contributed by atoms with Gasteiger partial charge >= 0.3 is 18.5 Å². The fourth-order valence-corrected chi connectivity index (χ4v) is 2.27. The standard InChI is InChI=1S/C18H15F7N2O2S/c19-15(20)17(21,22)9-28-13-6-12(7-14(8-13)29-10-18(23,24)25)27-16(30)26-11-4-2-1-3-5-11/h1-8,15H,9-10H2,(H2,26,27,30). The quantitative estimate of drug-likeness (QED) is 0.393. The lowest BCUT2D eigenvalue weighted by Gasteiger charge is -2.18. The SMILES string of the molecule is FC(F)C(F)(F)COc1cc(NC(=S)Nc2ccccc2)cc(OCC(F)(F)F)c1. The normalized spacial score (nSPS) is 11.9. The van der Waals surface area contributed by atoms with Crippen molar-refractivity contribution in [3.63, 3.8) is 0 Å². The molecule has 0 aliphatic rings. The molecule has 30 heavy (non-hydrogen) atoms. The monoisotopic (exact) mass is 456 g/mol. The Morgan fingerprint density at radius 3 is 1.90 bits per heavy atom. The molecule has 2 aromatic rings. The van der Waals surface area contributed by atoms with Crippen LogP contribution in [0.5, 0.6) is 11.5 Å². The summed E-state index contributed by atoms with van der Waals surface area (Å²) < 4.78 is 97.2. The summed E-state index contributed by atoms with van der Waals surface area (Å²) in [5.74, 6) is -5.25. The van der Waals surface area contributed by atoms with E-state index in [0.717, 1.165) is 18.2 Å². The molecule has 12 heteroatoms. The second-order valence-corrected chi connectivity index (χ2v) is 6.30. The van der Waals surface area contributed by atoms with Gasteiger partial charge in [0.1, 0.15) is 11.5 Å². The highest BCUT2D eigenvalue weighted by atomic mass is 32.1. The predicted octanol–water partition coefficient (Wildman–Crippen LogP) is 5.72. The Labute approximate surface area is 172 Å². The van der Waals surface area contributed by atoms with E-state index in [0.29, 0.717) is 5.69 Å². The van der Waals surface area contributed by atoms with Gasteiger partial charge in [0.2, 0.25) is 0 Å². The summed E-state index contributed by atoms with van der Waals surface area (Å²) in [6.45, 7) is -3.34. The van der Waals surface area contributed by atoms with Gasteiger partial charge in [-0.2, -0.15) is 22.0 Å². The van der Waals surface area contributed by atoms with Crippen molar-refractivity contribution < 1.29 is 40.2 Å². The van der Waals surface area contributed by atoms with Gasteiger partial charge in [0.15, 0.2) is 18.3 Å². The zero-order valence-electron chi connectivity index (χ0n) is 15.0. The van der Waals surface area contributed by atoms with E-state index < -0.39 is 43.2 Å². The first-order valence-corrected chi connectivity index (χ1v) is 8.62. The Morgan fingerprint density at radius 1 is 0.833 bits per heavy atom. The molecule has 0 unspecified atom stereocenters. The van der Waals surface area contributed by atoms with Crippen molar-refractivity contribution in [3.8, 4) is 11.5 Å². The largest absolute Gasteiger partial charge is 0.487 e. The molecule has 164 valence electrons. The third kappa shape index (κ3) is 7.93. The van der Waals surface area contributed by atoms with Crippen molar-refractivity contribution in [3.05, 3.63) is 48.5 Å². The van der Waals surface area contributed by atoms with E-state index in [1.165, 1.54) is 0 Å². The average Bonchev–Trinajstić information content (AvgIpc) is 2.65. The van der Waals surface area contributed by atoms with E-state index in [9.17, 15) is 30.7 Å². The Hall–Kier alpha value is -2.76. The summed E-state index contributed by atoms with van der Waals surface area (Å²) >= 11 is 5.08. The molecule has 2 aromatic carbocycles. The molecule has 0 aliphatic heterocycles. The van der Waals surface area contributed by atoms with E-state index in [-0.39, 0.29) is 10.8 Å². The summed E-state index contributed by atoms with van der Waals surface area (Å²) in [4.78, 5) is 0. The Morgan fingerprint density at radius 2 is 1.37 bits per heavy atom. The first-order chi connectivity index (χ1) is 13.9. The van der Waals surface area contributed by atoms with Gasteiger partial charge in [-0.05, 0) is 24.4 Å². The maximum Gasteiger partial charge on any atom is 0.422 e. The van der Waals surface area contributed by atoms with E-state index >= 15 is 0 Å². The average molecular weight is 456 g/mol. The van der Waals surface area contributed by atoms with Crippen molar-refractivity contribution in [1.29, 1.82) is 0 Å². The van der Waals surface area contributed by atoms with Crippen LogP contribution < -0.4 is 20.1 Å². The number of anilines is 2. The van der Waals surface area contributed by atoms with E-state index in [2.05, 4.69) is 20.1 Å². The third-order valence-electron chi connectivity index (χ3n) is 3.32. The third-order valence-corrected chi connectivity index (χ3v) is 3.53. The number of hydrogen-bond donors (Lipinski definition) is 2. The van der Waals surface area contributed by atoms with Gasteiger partial charge in [0.25, 0.3) is 0 Å². The fourth-order valence-electron chi connectivity index (χ4n) is 2.03. The Bertz CT molecular complexity index is 848. The van der Waals surface area contributed by atoms with Gasteiger partial charge in [0.05, 0.1) is 0 Å². The molecule has 0 aromatic heterocycles. The highest BCUT2D eigenvalue weighted by molar-refractivity contribution is 7.80. The molecular weight excluding hydrogens is 441 g/mol. The molecule has 2 rings (SSSR count). The number of nitrogens with one attached hydrogen (secondary N) is 2. The van der Waals surface area contributed by atoms with E-state index in [1.807, 2.05) is 0 Å². The maximum absolute atomic E-state index is 13.1. The summed E-state index contributed by atoms with van der Waals surface area (Å²) in [5, 5.41) is 5.45. The summed E-state index contributed by atoms with van der Waals surface area (Å²) in [7, 11) is 0. The van der Waals surface area contributed by atoms with Crippen LogP contribution in [-0.2, 0) is 0 Å². The molecule has 0 atom stereocenters. The molecule has 0 heterocycles. The highest BCUT2D eigenvalue weighted by Gasteiger charge is 2.41. The molecule has 0 saturated carbocycles. The minimum atomic E-state index is -4.66. The van der Waals surface area contributed by atoms with Crippen molar-refractivity contribution in [2.24, 2.45) is 0 Å². The molecule has 0 saturated heterocycles. The lowest BCUT2D eigenvalue weighted by molar-refractivity contribution is -0.153. The van der Waals surface area contributed by atoms with Crippen LogP contribution in [0.2, 0.25) is 0 Å². The van der Waals surface area contributed by atoms with Crippen LogP contribution in [0, 0.1) is 0 Å². The first-order valence-electron chi connectivity index (χ1n) is 8.21. The van der Waals surface area contributed by atoms with Crippen molar-refractivity contribution in [2.75, 3.05) is 23.8 Å². The van der Waals surface area contributed by atoms with Gasteiger partial charge < -0.3 is 20.1 Å². The second-order valence-electron chi connectivity index (χ2n) is 5.89. The maximum atomic E-state index is 13.1. The van der Waals surface area contributed by atoms with Gasteiger partial charge in [-0.1, -0.05) is 18.2 Å². The first kappa shape index (κ1) is 23.5. The summed E-state index contributed by atoms with van der Waals surface area (Å²) in [6.07, 6.45) is -8.63. The summed E-state index contributed by atoms with van der Waals surface area (Å²) in [6, 6.07) is 11.7. The van der Waals surface area contributed by atoms with E-state index in [4.69, 9.17) is 12.2 Å². The number of rotatable bonds is 8. The van der Waals surface area contributed by atoms with Gasteiger partial charge in [-0.25, -0.2) is 8.78 Å². The molecule has 0 amide bonds. The molecule has 2 N–H and O–H groups in total. The molecule has 0 aliphatic carbocycles.